The van der Waals surface area contributed by atoms with Crippen LogP contribution in [0.3, 0.4) is 0 Å². The number of halogens is 2. The lowest BCUT2D eigenvalue weighted by atomic mass is 9.89. The fourth-order valence-corrected chi connectivity index (χ4v) is 5.76. The number of amidine groups is 2. The number of aromatic nitrogens is 1. The van der Waals surface area contributed by atoms with Gasteiger partial charge in [0.25, 0.3) is 0 Å². The lowest BCUT2D eigenvalue weighted by Crippen LogP contribution is -2.20. The largest absolute Gasteiger partial charge is 0.278 e. The normalized spacial score (nSPS) is 18.0. The van der Waals surface area contributed by atoms with Gasteiger partial charge in [-0.15, -0.1) is 0 Å². The maximum atomic E-state index is 14.6. The number of hydrogen-bond donors (Lipinski definition) is 0. The van der Waals surface area contributed by atoms with E-state index in [1.165, 1.54) is 24.3 Å². The molecule has 5 aromatic rings. The van der Waals surface area contributed by atoms with Gasteiger partial charge in [0.05, 0.1) is 28.4 Å². The summed E-state index contributed by atoms with van der Waals surface area (Å²) in [6.07, 6.45) is 4.68. The Labute approximate surface area is 233 Å². The van der Waals surface area contributed by atoms with Crippen molar-refractivity contribution >= 4 is 50.8 Å². The summed E-state index contributed by atoms with van der Waals surface area (Å²) >= 11 is 0. The van der Waals surface area contributed by atoms with E-state index in [0.717, 1.165) is 38.9 Å². The molecule has 0 saturated heterocycles. The van der Waals surface area contributed by atoms with Crippen LogP contribution in [0.25, 0.3) is 27.5 Å². The van der Waals surface area contributed by atoms with Crippen LogP contribution >= 0.6 is 0 Å². The molecular formula is C34H21F2N5. The van der Waals surface area contributed by atoms with Gasteiger partial charge in [-0.1, -0.05) is 60.7 Å². The van der Waals surface area contributed by atoms with Gasteiger partial charge in [-0.2, -0.15) is 9.98 Å². The third-order valence-corrected chi connectivity index (χ3v) is 7.67. The Hall–Kier alpha value is -5.30. The smallest absolute Gasteiger partial charge is 0.238 e. The molecule has 41 heavy (non-hydrogen) atoms. The molecule has 2 bridgehead atoms. The lowest BCUT2D eigenvalue weighted by molar-refractivity contribution is 0.629. The van der Waals surface area contributed by atoms with E-state index in [2.05, 4.69) is 12.2 Å². The molecule has 196 valence electrons. The Morgan fingerprint density at radius 1 is 0.634 bits per heavy atom. The molecule has 4 heterocycles. The highest BCUT2D eigenvalue weighted by Gasteiger charge is 2.32. The summed E-state index contributed by atoms with van der Waals surface area (Å²) in [5.74, 6) is 0.438. The summed E-state index contributed by atoms with van der Waals surface area (Å²) in [7, 11) is 0. The molecule has 0 N–H and O–H groups in total. The quantitative estimate of drug-likeness (QED) is 0.223. The van der Waals surface area contributed by atoms with Gasteiger partial charge in [0, 0.05) is 28.3 Å². The van der Waals surface area contributed by atoms with Crippen molar-refractivity contribution in [2.45, 2.75) is 6.42 Å². The Bertz CT molecular complexity index is 2020. The molecule has 1 unspecified atom stereocenters. The Morgan fingerprint density at radius 3 is 1.93 bits per heavy atom. The van der Waals surface area contributed by atoms with Crippen LogP contribution in [-0.2, 0) is 0 Å². The van der Waals surface area contributed by atoms with Gasteiger partial charge in [0.15, 0.2) is 0 Å². The molecule has 1 aromatic heterocycles. The van der Waals surface area contributed by atoms with Crippen molar-refractivity contribution in [2.75, 3.05) is 0 Å². The van der Waals surface area contributed by atoms with Gasteiger partial charge < -0.3 is 0 Å². The molecule has 3 aliphatic rings. The molecule has 0 amide bonds. The van der Waals surface area contributed by atoms with Crippen LogP contribution in [-0.4, -0.2) is 27.9 Å². The van der Waals surface area contributed by atoms with Crippen molar-refractivity contribution in [1.29, 1.82) is 0 Å². The average molecular weight is 538 g/mol. The average Bonchev–Trinajstić information content (AvgIpc) is 3.09. The second-order valence-corrected chi connectivity index (χ2v) is 10.2. The SMILES string of the molecule is Fc1ccc2c3ccc(F)cc3n(C3=NC4=NC(c5ccccc5)=CC5=CC(c6ccccc6)=NC(=N3)CC54)c2c1. The first-order chi connectivity index (χ1) is 20.1. The molecular weight excluding hydrogens is 516 g/mol. The van der Waals surface area contributed by atoms with Crippen LogP contribution in [0.4, 0.5) is 8.78 Å². The van der Waals surface area contributed by atoms with Crippen LogP contribution in [0.1, 0.15) is 17.5 Å². The Balaban J connectivity index is 1.43. The lowest BCUT2D eigenvalue weighted by Gasteiger charge is -2.21. The highest BCUT2D eigenvalue weighted by molar-refractivity contribution is 6.22. The number of nitrogens with zero attached hydrogens (tertiary/aromatic N) is 5. The van der Waals surface area contributed by atoms with Crippen LogP contribution in [0.15, 0.2) is 135 Å². The van der Waals surface area contributed by atoms with Crippen molar-refractivity contribution in [1.82, 2.24) is 4.57 Å². The Kier molecular flexibility index (Phi) is 5.25. The van der Waals surface area contributed by atoms with Crippen molar-refractivity contribution < 1.29 is 8.78 Å². The molecule has 0 aliphatic carbocycles. The molecule has 7 heteroatoms. The van der Waals surface area contributed by atoms with Gasteiger partial charge >= 0.3 is 0 Å². The van der Waals surface area contributed by atoms with E-state index in [9.17, 15) is 8.78 Å². The second-order valence-electron chi connectivity index (χ2n) is 10.2. The molecule has 0 spiro atoms. The second kappa shape index (κ2) is 9.13. The van der Waals surface area contributed by atoms with E-state index in [0.29, 0.717) is 29.1 Å². The van der Waals surface area contributed by atoms with Crippen LogP contribution in [0.5, 0.6) is 0 Å². The number of rotatable bonds is 2. The van der Waals surface area contributed by atoms with Crippen LogP contribution < -0.4 is 0 Å². The summed E-state index contributed by atoms with van der Waals surface area (Å²) in [5.41, 5.74) is 5.61. The highest BCUT2D eigenvalue weighted by atomic mass is 19.1. The topological polar surface area (TPSA) is 54.4 Å². The number of benzene rings is 4. The number of fused-ring (bicyclic) bond motifs is 4. The van der Waals surface area contributed by atoms with E-state index in [1.807, 2.05) is 60.7 Å². The zero-order valence-electron chi connectivity index (χ0n) is 21.7. The first-order valence-electron chi connectivity index (χ1n) is 13.4. The van der Waals surface area contributed by atoms with E-state index in [4.69, 9.17) is 20.0 Å². The standard InChI is InChI=1S/C34H21F2N5/c35-23-11-13-25-26-14-12-24(36)18-31(26)41(30(25)17-23)34-39-32-19-27-22(15-28(37-32)20-7-3-1-4-8-20)16-29(38-33(27)40-34)21-9-5-2-6-10-21/h1-18,27H,19H2. The summed E-state index contributed by atoms with van der Waals surface area (Å²) < 4.78 is 30.9. The van der Waals surface area contributed by atoms with Crippen LogP contribution in [0.2, 0.25) is 0 Å². The molecule has 4 aromatic carbocycles. The van der Waals surface area contributed by atoms with Crippen LogP contribution in [0, 0.1) is 17.6 Å². The van der Waals surface area contributed by atoms with Crippen molar-refractivity contribution in [3.63, 3.8) is 0 Å². The predicted molar refractivity (Wildman–Crippen MR) is 161 cm³/mol. The van der Waals surface area contributed by atoms with Crippen molar-refractivity contribution in [3.8, 4) is 0 Å². The Morgan fingerprint density at radius 2 is 1.27 bits per heavy atom. The van der Waals surface area contributed by atoms with E-state index in [-0.39, 0.29) is 11.9 Å². The first kappa shape index (κ1) is 23.6. The van der Waals surface area contributed by atoms with E-state index >= 15 is 0 Å². The fourth-order valence-electron chi connectivity index (χ4n) is 5.76. The van der Waals surface area contributed by atoms with Gasteiger partial charge in [0.1, 0.15) is 23.3 Å². The van der Waals surface area contributed by atoms with Crippen molar-refractivity contribution in [3.05, 3.63) is 138 Å². The minimum Gasteiger partial charge on any atom is -0.278 e. The van der Waals surface area contributed by atoms with Gasteiger partial charge in [-0.3, -0.25) is 4.57 Å². The molecule has 3 aliphatic heterocycles. The molecule has 8 rings (SSSR count). The maximum absolute atomic E-state index is 14.6. The zero-order valence-corrected chi connectivity index (χ0v) is 21.7. The minimum atomic E-state index is -0.404. The third-order valence-electron chi connectivity index (χ3n) is 7.67. The number of allylic oxidation sites excluding steroid dienone is 2. The maximum Gasteiger partial charge on any atom is 0.238 e. The molecule has 0 radical (unpaired) electrons. The van der Waals surface area contributed by atoms with E-state index < -0.39 is 11.6 Å². The minimum absolute atomic E-state index is 0.176. The highest BCUT2D eigenvalue weighted by Crippen LogP contribution is 2.36. The molecule has 0 fully saturated rings. The summed E-state index contributed by atoms with van der Waals surface area (Å²) in [5, 5.41) is 1.55. The summed E-state index contributed by atoms with van der Waals surface area (Å²) in [6.45, 7) is 0. The number of aliphatic imine (C=N–C) groups is 4. The monoisotopic (exact) mass is 537 g/mol. The van der Waals surface area contributed by atoms with E-state index in [1.54, 1.807) is 16.7 Å². The first-order valence-corrected chi connectivity index (χ1v) is 13.4. The number of hydrogen-bond acceptors (Lipinski definition) is 4. The van der Waals surface area contributed by atoms with Gasteiger partial charge in [-0.05, 0) is 54.1 Å². The predicted octanol–water partition coefficient (Wildman–Crippen LogP) is 7.58. The van der Waals surface area contributed by atoms with Gasteiger partial charge in [-0.25, -0.2) is 18.8 Å². The summed E-state index contributed by atoms with van der Waals surface area (Å²) in [4.78, 5) is 20.0. The third kappa shape index (κ3) is 3.97. The fraction of sp³-hybridized carbons (Fsp3) is 0.0588. The van der Waals surface area contributed by atoms with Crippen molar-refractivity contribution in [2.24, 2.45) is 25.9 Å². The molecule has 1 atom stereocenters. The van der Waals surface area contributed by atoms with Gasteiger partial charge in [0.2, 0.25) is 5.96 Å². The molecule has 5 nitrogen and oxygen atoms in total. The zero-order chi connectivity index (χ0) is 27.5. The molecule has 0 saturated carbocycles. The summed E-state index contributed by atoms with van der Waals surface area (Å²) in [6, 6.07) is 29.0.